The number of piperidine rings is 1. The van der Waals surface area contributed by atoms with Gasteiger partial charge in [0.2, 0.25) is 0 Å². The van der Waals surface area contributed by atoms with Crippen molar-refractivity contribution in [1.29, 1.82) is 0 Å². The number of nitrogens with zero attached hydrogens (tertiary/aromatic N) is 3. The second-order valence-electron chi connectivity index (χ2n) is 6.98. The first-order chi connectivity index (χ1) is 14.4. The lowest BCUT2D eigenvalue weighted by Gasteiger charge is -2.30. The van der Waals surface area contributed by atoms with Crippen LogP contribution in [0.1, 0.15) is 19.3 Å². The van der Waals surface area contributed by atoms with Gasteiger partial charge in [-0.3, -0.25) is 4.79 Å². The highest BCUT2D eigenvalue weighted by Gasteiger charge is 2.23. The normalized spacial score (nSPS) is 15.5. The molecule has 158 valence electrons. The molecule has 0 atom stereocenters. The number of aromatic nitrogens is 2. The molecule has 1 saturated heterocycles. The Morgan fingerprint density at radius 2 is 2.20 bits per heavy atom. The second kappa shape index (κ2) is 10.3. The first kappa shape index (κ1) is 21.9. The molecule has 0 aromatic carbocycles. The van der Waals surface area contributed by atoms with E-state index in [-0.39, 0.29) is 12.3 Å². The van der Waals surface area contributed by atoms with E-state index in [2.05, 4.69) is 26.8 Å². The number of halogens is 1. The van der Waals surface area contributed by atoms with Gasteiger partial charge in [-0.15, -0.1) is 0 Å². The van der Waals surface area contributed by atoms with Crippen LogP contribution in [0.2, 0.25) is 0 Å². The molecule has 1 aliphatic heterocycles. The van der Waals surface area contributed by atoms with Gasteiger partial charge in [-0.05, 0) is 49.2 Å². The molecule has 0 bridgehead atoms. The van der Waals surface area contributed by atoms with Gasteiger partial charge >= 0.3 is 5.97 Å². The molecule has 0 spiro atoms. The third-order valence-electron chi connectivity index (χ3n) is 4.70. The predicted molar refractivity (Wildman–Crippen MR) is 123 cm³/mol. The van der Waals surface area contributed by atoms with E-state index in [0.29, 0.717) is 16.5 Å². The molecule has 2 aromatic rings. The van der Waals surface area contributed by atoms with E-state index in [9.17, 15) is 4.79 Å². The number of rotatable bonds is 8. The lowest BCUT2D eigenvalue weighted by molar-refractivity contribution is -0.138. The minimum absolute atomic E-state index is 0.245. The van der Waals surface area contributed by atoms with Crippen molar-refractivity contribution in [3.63, 3.8) is 0 Å². The Morgan fingerprint density at radius 1 is 1.43 bits per heavy atom. The van der Waals surface area contributed by atoms with Crippen LogP contribution >= 0.6 is 22.9 Å². The second-order valence-corrected chi connectivity index (χ2v) is 8.43. The zero-order valence-corrected chi connectivity index (χ0v) is 18.0. The summed E-state index contributed by atoms with van der Waals surface area (Å²) < 4.78 is 0. The van der Waals surface area contributed by atoms with E-state index < -0.39 is 5.97 Å². The number of aliphatic carboxylic acids is 1. The van der Waals surface area contributed by atoms with Crippen LogP contribution in [0.25, 0.3) is 10.6 Å². The van der Waals surface area contributed by atoms with Crippen molar-refractivity contribution in [2.45, 2.75) is 19.3 Å². The van der Waals surface area contributed by atoms with Crippen molar-refractivity contribution in [3.8, 4) is 10.6 Å². The summed E-state index contributed by atoms with van der Waals surface area (Å²) >= 11 is 7.59. The number of carbonyl (C=O) groups is 1. The third kappa shape index (κ3) is 6.08. The summed E-state index contributed by atoms with van der Waals surface area (Å²) in [5.74, 6) is 0.179. The first-order valence-corrected chi connectivity index (χ1v) is 10.8. The molecule has 0 radical (unpaired) electrons. The van der Waals surface area contributed by atoms with Crippen LogP contribution in [0, 0.1) is 5.92 Å². The van der Waals surface area contributed by atoms with E-state index in [1.54, 1.807) is 23.5 Å². The summed E-state index contributed by atoms with van der Waals surface area (Å²) in [5, 5.41) is 13.5. The Hall–Kier alpha value is -2.84. The van der Waals surface area contributed by atoms with Crippen LogP contribution < -0.4 is 16.0 Å². The highest BCUT2D eigenvalue weighted by atomic mass is 35.5. The van der Waals surface area contributed by atoms with Crippen LogP contribution in [0.4, 0.5) is 10.9 Å². The number of carboxylic acids is 1. The Kier molecular flexibility index (Phi) is 7.48. The van der Waals surface area contributed by atoms with Crippen LogP contribution in [0.3, 0.4) is 0 Å². The van der Waals surface area contributed by atoms with Gasteiger partial charge in [-0.1, -0.05) is 35.6 Å². The molecule has 3 rings (SSSR count). The number of thiazole rings is 1. The Balaban J connectivity index is 1.65. The lowest BCUT2D eigenvalue weighted by atomic mass is 9.94. The van der Waals surface area contributed by atoms with Gasteiger partial charge in [0.1, 0.15) is 5.82 Å². The van der Waals surface area contributed by atoms with Gasteiger partial charge in [0.05, 0.1) is 10.6 Å². The number of nitrogens with one attached hydrogen (secondary N) is 1. The quantitative estimate of drug-likeness (QED) is 0.516. The van der Waals surface area contributed by atoms with Gasteiger partial charge < -0.3 is 21.1 Å². The standard InChI is InChI=1S/C21H24ClN5O2S/c1-14(11-16(22)5-8-23)25-19-4-2-3-17(26-19)18-13-24-21(30-18)27-9-6-15(7-10-27)12-20(28)29/h2-5,8,11,13,15H,1,6-7,9-10,12,23H2,(H,25,26)(H,28,29)/b8-5-,16-11+. The molecule has 0 amide bonds. The summed E-state index contributed by atoms with van der Waals surface area (Å²) in [7, 11) is 0. The van der Waals surface area contributed by atoms with Gasteiger partial charge in [0, 0.05) is 36.4 Å². The molecule has 30 heavy (non-hydrogen) atoms. The maximum Gasteiger partial charge on any atom is 0.303 e. The fraction of sp³-hybridized carbons (Fsp3) is 0.286. The summed E-state index contributed by atoms with van der Waals surface area (Å²) in [6, 6.07) is 5.70. The monoisotopic (exact) mass is 445 g/mol. The number of anilines is 2. The Morgan fingerprint density at radius 3 is 2.90 bits per heavy atom. The summed E-state index contributed by atoms with van der Waals surface area (Å²) in [5.41, 5.74) is 6.73. The summed E-state index contributed by atoms with van der Waals surface area (Å²) in [6.07, 6.45) is 8.41. The topological polar surface area (TPSA) is 104 Å². The lowest BCUT2D eigenvalue weighted by Crippen LogP contribution is -2.34. The van der Waals surface area contributed by atoms with E-state index in [4.69, 9.17) is 22.4 Å². The third-order valence-corrected chi connectivity index (χ3v) is 6.02. The number of nitrogens with two attached hydrogens (primary N) is 1. The maximum atomic E-state index is 10.9. The molecule has 0 saturated carbocycles. The largest absolute Gasteiger partial charge is 0.481 e. The molecule has 0 unspecified atom stereocenters. The van der Waals surface area contributed by atoms with Crippen molar-refractivity contribution >= 4 is 39.9 Å². The zero-order chi connectivity index (χ0) is 21.5. The van der Waals surface area contributed by atoms with E-state index in [1.807, 2.05) is 24.4 Å². The smallest absolute Gasteiger partial charge is 0.303 e. The molecule has 1 fully saturated rings. The van der Waals surface area contributed by atoms with Gasteiger partial charge in [0.15, 0.2) is 5.13 Å². The van der Waals surface area contributed by atoms with E-state index in [0.717, 1.165) is 41.6 Å². The fourth-order valence-corrected chi connectivity index (χ4v) is 4.40. The van der Waals surface area contributed by atoms with Crippen molar-refractivity contribution in [2.75, 3.05) is 23.3 Å². The van der Waals surface area contributed by atoms with Crippen molar-refractivity contribution in [1.82, 2.24) is 9.97 Å². The minimum Gasteiger partial charge on any atom is -0.481 e. The first-order valence-electron chi connectivity index (χ1n) is 9.56. The van der Waals surface area contributed by atoms with Crippen LogP contribution in [-0.4, -0.2) is 34.1 Å². The summed E-state index contributed by atoms with van der Waals surface area (Å²) in [4.78, 5) is 23.3. The number of hydrogen-bond donors (Lipinski definition) is 3. The van der Waals surface area contributed by atoms with Gasteiger partial charge in [-0.2, -0.15) is 0 Å². The van der Waals surface area contributed by atoms with Crippen LogP contribution in [-0.2, 0) is 4.79 Å². The highest BCUT2D eigenvalue weighted by molar-refractivity contribution is 7.18. The fourth-order valence-electron chi connectivity index (χ4n) is 3.25. The van der Waals surface area contributed by atoms with Crippen molar-refractivity contribution in [2.24, 2.45) is 11.7 Å². The molecular weight excluding hydrogens is 422 g/mol. The van der Waals surface area contributed by atoms with E-state index in [1.165, 1.54) is 6.20 Å². The molecule has 9 heteroatoms. The average molecular weight is 446 g/mol. The number of hydrogen-bond acceptors (Lipinski definition) is 7. The molecule has 2 aromatic heterocycles. The molecule has 7 nitrogen and oxygen atoms in total. The van der Waals surface area contributed by atoms with Gasteiger partial charge in [0.25, 0.3) is 0 Å². The van der Waals surface area contributed by atoms with Crippen molar-refractivity contribution in [3.05, 3.63) is 60.1 Å². The number of pyridine rings is 1. The molecule has 4 N–H and O–H groups in total. The van der Waals surface area contributed by atoms with E-state index >= 15 is 0 Å². The van der Waals surface area contributed by atoms with Crippen LogP contribution in [0.15, 0.2) is 60.1 Å². The molecular formula is C21H24ClN5O2S. The molecule has 3 heterocycles. The Labute approximate surface area is 184 Å². The minimum atomic E-state index is -0.721. The molecule has 0 aliphatic carbocycles. The maximum absolute atomic E-state index is 10.9. The number of allylic oxidation sites excluding steroid dienone is 3. The van der Waals surface area contributed by atoms with Crippen LogP contribution in [0.5, 0.6) is 0 Å². The summed E-state index contributed by atoms with van der Waals surface area (Å²) in [6.45, 7) is 5.57. The predicted octanol–water partition coefficient (Wildman–Crippen LogP) is 4.42. The Bertz CT molecular complexity index is 964. The average Bonchev–Trinajstić information content (AvgIpc) is 3.18. The molecule has 1 aliphatic rings. The SMILES string of the molecule is C=C(/C=C(Cl)\C=C/N)Nc1cccc(-c2cnc(N3CCC(CC(=O)O)CC3)s2)n1. The van der Waals surface area contributed by atoms with Gasteiger partial charge in [-0.25, -0.2) is 9.97 Å². The van der Waals surface area contributed by atoms with Crippen molar-refractivity contribution < 1.29 is 9.90 Å². The number of carboxylic acid groups (broad SMARTS) is 1. The zero-order valence-electron chi connectivity index (χ0n) is 16.4. The highest BCUT2D eigenvalue weighted by Crippen LogP contribution is 2.33.